The Morgan fingerprint density at radius 3 is 2.82 bits per heavy atom. The van der Waals surface area contributed by atoms with E-state index in [1.807, 2.05) is 60.1 Å². The van der Waals surface area contributed by atoms with E-state index in [9.17, 15) is 4.79 Å². The summed E-state index contributed by atoms with van der Waals surface area (Å²) in [5, 5.41) is 6.82. The molecular formula is C21H20N4O3. The Morgan fingerprint density at radius 2 is 2.11 bits per heavy atom. The van der Waals surface area contributed by atoms with Crippen molar-refractivity contribution >= 4 is 17.2 Å². The molecule has 1 amide bonds. The first-order valence-electron chi connectivity index (χ1n) is 8.89. The van der Waals surface area contributed by atoms with Crippen LogP contribution in [-0.4, -0.2) is 27.6 Å². The standard InChI is InChI=1S/C21H20N4O3/c1-13-16(14(2)28-24-13)11-21(26)23-17-10-15(7-8-19(17)27-3)18-12-25-9-5-4-6-20(25)22-18/h4-10,12H,11H2,1-3H3,(H,23,26). The monoisotopic (exact) mass is 376 g/mol. The van der Waals surface area contributed by atoms with Gasteiger partial charge in [-0.3, -0.25) is 4.79 Å². The zero-order valence-corrected chi connectivity index (χ0v) is 15.9. The summed E-state index contributed by atoms with van der Waals surface area (Å²) in [7, 11) is 1.57. The molecule has 3 heterocycles. The molecule has 1 N–H and O–H groups in total. The van der Waals surface area contributed by atoms with Gasteiger partial charge in [-0.2, -0.15) is 0 Å². The number of nitrogens with one attached hydrogen (secondary N) is 1. The predicted molar refractivity (Wildman–Crippen MR) is 105 cm³/mol. The molecule has 0 unspecified atom stereocenters. The number of benzene rings is 1. The zero-order valence-electron chi connectivity index (χ0n) is 15.9. The van der Waals surface area contributed by atoms with Gasteiger partial charge in [-0.05, 0) is 44.2 Å². The van der Waals surface area contributed by atoms with Crippen LogP contribution in [-0.2, 0) is 11.2 Å². The number of rotatable bonds is 5. The van der Waals surface area contributed by atoms with Crippen molar-refractivity contribution in [2.45, 2.75) is 20.3 Å². The van der Waals surface area contributed by atoms with Crippen LogP contribution in [0.25, 0.3) is 16.9 Å². The first-order valence-corrected chi connectivity index (χ1v) is 8.89. The average Bonchev–Trinajstić information content (AvgIpc) is 3.26. The molecule has 1 aromatic carbocycles. The number of carbonyl (C=O) groups excluding carboxylic acids is 1. The van der Waals surface area contributed by atoms with Crippen LogP contribution < -0.4 is 10.1 Å². The molecule has 0 aliphatic carbocycles. The minimum atomic E-state index is -0.167. The minimum Gasteiger partial charge on any atom is -0.495 e. The fourth-order valence-corrected chi connectivity index (χ4v) is 3.15. The van der Waals surface area contributed by atoms with Gasteiger partial charge in [0.05, 0.1) is 30.6 Å². The van der Waals surface area contributed by atoms with E-state index in [0.29, 0.717) is 17.2 Å². The van der Waals surface area contributed by atoms with Crippen molar-refractivity contribution in [2.75, 3.05) is 12.4 Å². The molecule has 142 valence electrons. The van der Waals surface area contributed by atoms with Gasteiger partial charge in [0.15, 0.2) is 0 Å². The van der Waals surface area contributed by atoms with Gasteiger partial charge >= 0.3 is 0 Å². The van der Waals surface area contributed by atoms with E-state index >= 15 is 0 Å². The molecule has 7 heteroatoms. The quantitative estimate of drug-likeness (QED) is 0.573. The number of methoxy groups -OCH3 is 1. The molecule has 4 rings (SSSR count). The SMILES string of the molecule is COc1ccc(-c2cn3ccccc3n2)cc1NC(=O)Cc1c(C)noc1C. The predicted octanol–water partition coefficient (Wildman–Crippen LogP) is 3.80. The average molecular weight is 376 g/mol. The Morgan fingerprint density at radius 1 is 1.25 bits per heavy atom. The summed E-state index contributed by atoms with van der Waals surface area (Å²) in [5.41, 5.74) is 4.67. The third-order valence-electron chi connectivity index (χ3n) is 4.65. The van der Waals surface area contributed by atoms with Crippen molar-refractivity contribution in [3.63, 3.8) is 0 Å². The van der Waals surface area contributed by atoms with Crippen LogP contribution >= 0.6 is 0 Å². The van der Waals surface area contributed by atoms with Gasteiger partial charge in [0.2, 0.25) is 5.91 Å². The summed E-state index contributed by atoms with van der Waals surface area (Å²) in [6.45, 7) is 3.62. The Hall–Kier alpha value is -3.61. The molecule has 0 atom stereocenters. The largest absolute Gasteiger partial charge is 0.495 e. The van der Waals surface area contributed by atoms with Crippen molar-refractivity contribution in [2.24, 2.45) is 0 Å². The Bertz CT molecular complexity index is 1110. The van der Waals surface area contributed by atoms with E-state index in [4.69, 9.17) is 9.26 Å². The van der Waals surface area contributed by atoms with Crippen molar-refractivity contribution in [3.05, 3.63) is 65.8 Å². The second-order valence-corrected chi connectivity index (χ2v) is 6.53. The van der Waals surface area contributed by atoms with E-state index in [-0.39, 0.29) is 12.3 Å². The van der Waals surface area contributed by atoms with Gasteiger partial charge < -0.3 is 19.0 Å². The number of amides is 1. The van der Waals surface area contributed by atoms with E-state index in [2.05, 4.69) is 15.5 Å². The van der Waals surface area contributed by atoms with Crippen LogP contribution in [0.4, 0.5) is 5.69 Å². The molecule has 3 aromatic heterocycles. The summed E-state index contributed by atoms with van der Waals surface area (Å²) in [5.74, 6) is 1.07. The lowest BCUT2D eigenvalue weighted by atomic mass is 10.1. The summed E-state index contributed by atoms with van der Waals surface area (Å²) < 4.78 is 12.5. The van der Waals surface area contributed by atoms with Crippen LogP contribution in [0.1, 0.15) is 17.0 Å². The molecule has 0 saturated carbocycles. The Kier molecular flexibility index (Phi) is 4.57. The first-order chi connectivity index (χ1) is 13.5. The number of aromatic nitrogens is 3. The molecular weight excluding hydrogens is 356 g/mol. The number of pyridine rings is 1. The summed E-state index contributed by atoms with van der Waals surface area (Å²) in [6, 6.07) is 11.5. The van der Waals surface area contributed by atoms with E-state index in [1.165, 1.54) is 0 Å². The van der Waals surface area contributed by atoms with Crippen molar-refractivity contribution in [1.82, 2.24) is 14.5 Å². The number of ether oxygens (including phenoxy) is 1. The maximum absolute atomic E-state index is 12.6. The molecule has 0 saturated heterocycles. The van der Waals surface area contributed by atoms with Gasteiger partial charge in [-0.15, -0.1) is 0 Å². The summed E-state index contributed by atoms with van der Waals surface area (Å²) >= 11 is 0. The molecule has 0 fully saturated rings. The van der Waals surface area contributed by atoms with Gasteiger partial charge in [0.1, 0.15) is 17.2 Å². The molecule has 0 aliphatic rings. The number of nitrogens with zero attached hydrogens (tertiary/aromatic N) is 3. The molecule has 0 bridgehead atoms. The second-order valence-electron chi connectivity index (χ2n) is 6.53. The molecule has 0 spiro atoms. The number of hydrogen-bond acceptors (Lipinski definition) is 5. The smallest absolute Gasteiger partial charge is 0.229 e. The third kappa shape index (κ3) is 3.34. The van der Waals surface area contributed by atoms with Crippen LogP contribution in [0.5, 0.6) is 5.75 Å². The van der Waals surface area contributed by atoms with Gasteiger partial charge in [-0.1, -0.05) is 11.2 Å². The number of aryl methyl sites for hydroxylation is 2. The molecule has 28 heavy (non-hydrogen) atoms. The van der Waals surface area contributed by atoms with Crippen molar-refractivity contribution in [3.8, 4) is 17.0 Å². The molecule has 7 nitrogen and oxygen atoms in total. The normalized spacial score (nSPS) is 11.0. The topological polar surface area (TPSA) is 81.7 Å². The highest BCUT2D eigenvalue weighted by Crippen LogP contribution is 2.30. The number of fused-ring (bicyclic) bond motifs is 1. The number of hydrogen-bond donors (Lipinski definition) is 1. The number of carbonyl (C=O) groups is 1. The van der Waals surface area contributed by atoms with E-state index in [1.54, 1.807) is 14.0 Å². The van der Waals surface area contributed by atoms with Gasteiger partial charge in [-0.25, -0.2) is 4.98 Å². The lowest BCUT2D eigenvalue weighted by molar-refractivity contribution is -0.115. The minimum absolute atomic E-state index is 0.167. The number of anilines is 1. The van der Waals surface area contributed by atoms with Crippen LogP contribution in [0, 0.1) is 13.8 Å². The molecule has 0 radical (unpaired) electrons. The fourth-order valence-electron chi connectivity index (χ4n) is 3.15. The highest BCUT2D eigenvalue weighted by atomic mass is 16.5. The van der Waals surface area contributed by atoms with E-state index in [0.717, 1.165) is 28.2 Å². The summed E-state index contributed by atoms with van der Waals surface area (Å²) in [4.78, 5) is 17.2. The van der Waals surface area contributed by atoms with Crippen molar-refractivity contribution < 1.29 is 14.1 Å². The van der Waals surface area contributed by atoms with Crippen LogP contribution in [0.15, 0.2) is 53.3 Å². The Balaban J connectivity index is 1.62. The lowest BCUT2D eigenvalue weighted by Gasteiger charge is -2.11. The fraction of sp³-hybridized carbons (Fsp3) is 0.190. The maximum atomic E-state index is 12.6. The Labute approximate surface area is 161 Å². The van der Waals surface area contributed by atoms with Gasteiger partial charge in [0, 0.05) is 23.5 Å². The zero-order chi connectivity index (χ0) is 19.7. The highest BCUT2D eigenvalue weighted by Gasteiger charge is 2.16. The number of imidazole rings is 1. The summed E-state index contributed by atoms with van der Waals surface area (Å²) in [6.07, 6.45) is 4.08. The second kappa shape index (κ2) is 7.19. The lowest BCUT2D eigenvalue weighted by Crippen LogP contribution is -2.15. The van der Waals surface area contributed by atoms with Crippen LogP contribution in [0.2, 0.25) is 0 Å². The third-order valence-corrected chi connectivity index (χ3v) is 4.65. The molecule has 4 aromatic rings. The first kappa shape index (κ1) is 17.8. The molecule has 0 aliphatic heterocycles. The van der Waals surface area contributed by atoms with Crippen LogP contribution in [0.3, 0.4) is 0 Å². The maximum Gasteiger partial charge on any atom is 0.229 e. The van der Waals surface area contributed by atoms with Gasteiger partial charge in [0.25, 0.3) is 0 Å². The van der Waals surface area contributed by atoms with E-state index < -0.39 is 0 Å². The van der Waals surface area contributed by atoms with Crippen molar-refractivity contribution in [1.29, 1.82) is 0 Å². The highest BCUT2D eigenvalue weighted by molar-refractivity contribution is 5.94.